The van der Waals surface area contributed by atoms with Crippen LogP contribution in [0, 0.1) is 17.8 Å². The zero-order valence-corrected chi connectivity index (χ0v) is 17.6. The minimum Gasteiger partial charge on any atom is -0.477 e. The predicted molar refractivity (Wildman–Crippen MR) is 110 cm³/mol. The third-order valence-electron chi connectivity index (χ3n) is 7.24. The van der Waals surface area contributed by atoms with Crippen LogP contribution >= 0.6 is 0 Å². The Morgan fingerprint density at radius 2 is 2.13 bits per heavy atom. The molecule has 164 valence electrons. The summed E-state index contributed by atoms with van der Waals surface area (Å²) in [7, 11) is 0. The molecule has 4 bridgehead atoms. The third kappa shape index (κ3) is 3.87. The molecular formula is C22H32N4O4. The van der Waals surface area contributed by atoms with Gasteiger partial charge in [-0.2, -0.15) is 4.98 Å². The monoisotopic (exact) mass is 416 g/mol. The topological polar surface area (TPSA) is 106 Å². The van der Waals surface area contributed by atoms with Crippen LogP contribution in [0.1, 0.15) is 62.2 Å². The minimum atomic E-state index is -0.506. The van der Waals surface area contributed by atoms with Crippen LogP contribution < -0.4 is 15.4 Å². The predicted octanol–water partition coefficient (Wildman–Crippen LogP) is 2.14. The summed E-state index contributed by atoms with van der Waals surface area (Å²) in [5.74, 6) is 1.93. The van der Waals surface area contributed by atoms with Gasteiger partial charge in [0.25, 0.3) is 5.91 Å². The molecule has 0 radical (unpaired) electrons. The van der Waals surface area contributed by atoms with Crippen molar-refractivity contribution in [2.45, 2.75) is 69.6 Å². The van der Waals surface area contributed by atoms with Crippen LogP contribution in [0.5, 0.6) is 5.88 Å². The highest BCUT2D eigenvalue weighted by molar-refractivity contribution is 5.96. The molecule has 5 aliphatic rings. The van der Waals surface area contributed by atoms with Gasteiger partial charge in [0.05, 0.1) is 24.9 Å². The first kappa shape index (κ1) is 20.0. The number of carbonyl (C=O) groups excluding carboxylic acids is 1. The second-order valence-corrected chi connectivity index (χ2v) is 9.66. The Bertz CT molecular complexity index is 781. The molecule has 1 aromatic heterocycles. The summed E-state index contributed by atoms with van der Waals surface area (Å²) in [6.45, 7) is 3.88. The maximum absolute atomic E-state index is 13.2. The van der Waals surface area contributed by atoms with Crippen LogP contribution in [0.4, 0.5) is 5.95 Å². The van der Waals surface area contributed by atoms with Gasteiger partial charge in [0, 0.05) is 18.8 Å². The lowest BCUT2D eigenvalue weighted by Crippen LogP contribution is -2.61. The lowest BCUT2D eigenvalue weighted by atomic mass is 9.52. The standard InChI is InChI=1S/C22H32N4O4/c1-2-4-30-20-17(11-23-21(26-20)24-16-3-5-29-12-16)19(27)25-18-14-6-13-7-15(18)10-22(28,8-13)9-14/h11,13-16,18,28H,2-10,12H2,1H3,(H,25,27)(H,23,24,26). The number of hydrogen-bond acceptors (Lipinski definition) is 7. The first-order valence-electron chi connectivity index (χ1n) is 11.4. The van der Waals surface area contributed by atoms with Gasteiger partial charge in [-0.25, -0.2) is 4.98 Å². The average molecular weight is 417 g/mol. The molecule has 1 amide bonds. The van der Waals surface area contributed by atoms with Crippen LogP contribution in [0.25, 0.3) is 0 Å². The van der Waals surface area contributed by atoms with Crippen molar-refractivity contribution in [3.63, 3.8) is 0 Å². The van der Waals surface area contributed by atoms with Gasteiger partial charge in [-0.15, -0.1) is 0 Å². The number of nitrogens with zero attached hydrogens (tertiary/aromatic N) is 2. The number of nitrogens with one attached hydrogen (secondary N) is 2. The minimum absolute atomic E-state index is 0.113. The van der Waals surface area contributed by atoms with Gasteiger partial charge in [0.1, 0.15) is 5.56 Å². The van der Waals surface area contributed by atoms with Crippen molar-refractivity contribution < 1.29 is 19.4 Å². The van der Waals surface area contributed by atoms with E-state index in [1.165, 1.54) is 0 Å². The Morgan fingerprint density at radius 3 is 2.80 bits per heavy atom. The van der Waals surface area contributed by atoms with Crippen molar-refractivity contribution in [2.24, 2.45) is 17.8 Å². The molecule has 3 N–H and O–H groups in total. The molecule has 0 spiro atoms. The Kier molecular flexibility index (Phi) is 5.31. The molecule has 8 heteroatoms. The molecule has 5 fully saturated rings. The first-order chi connectivity index (χ1) is 14.5. The van der Waals surface area contributed by atoms with E-state index in [4.69, 9.17) is 9.47 Å². The third-order valence-corrected chi connectivity index (χ3v) is 7.24. The second-order valence-electron chi connectivity index (χ2n) is 9.66. The maximum atomic E-state index is 13.2. The number of anilines is 1. The van der Waals surface area contributed by atoms with E-state index >= 15 is 0 Å². The van der Waals surface area contributed by atoms with Gasteiger partial charge in [0.2, 0.25) is 11.8 Å². The molecule has 3 atom stereocenters. The molecule has 4 saturated carbocycles. The second kappa shape index (κ2) is 7.96. The van der Waals surface area contributed by atoms with Gasteiger partial charge in [-0.1, -0.05) is 6.92 Å². The number of hydrogen-bond donors (Lipinski definition) is 3. The Labute approximate surface area is 177 Å². The largest absolute Gasteiger partial charge is 0.477 e. The fourth-order valence-electron chi connectivity index (χ4n) is 6.18. The molecule has 6 rings (SSSR count). The van der Waals surface area contributed by atoms with Gasteiger partial charge in [-0.05, 0) is 62.7 Å². The molecule has 30 heavy (non-hydrogen) atoms. The number of carbonyl (C=O) groups is 1. The number of aliphatic hydroxyl groups is 1. The molecule has 2 heterocycles. The fourth-order valence-corrected chi connectivity index (χ4v) is 6.18. The smallest absolute Gasteiger partial charge is 0.258 e. The summed E-state index contributed by atoms with van der Waals surface area (Å²) in [5.41, 5.74) is -0.128. The highest BCUT2D eigenvalue weighted by Crippen LogP contribution is 2.55. The van der Waals surface area contributed by atoms with Gasteiger partial charge < -0.3 is 25.2 Å². The van der Waals surface area contributed by atoms with Gasteiger partial charge in [0.15, 0.2) is 0 Å². The molecule has 4 aliphatic carbocycles. The van der Waals surface area contributed by atoms with Crippen LogP contribution in [0.15, 0.2) is 6.20 Å². The normalized spacial score (nSPS) is 36.7. The van der Waals surface area contributed by atoms with Crippen LogP contribution in [-0.2, 0) is 4.74 Å². The van der Waals surface area contributed by atoms with Gasteiger partial charge >= 0.3 is 0 Å². The van der Waals surface area contributed by atoms with Gasteiger partial charge in [-0.3, -0.25) is 4.79 Å². The van der Waals surface area contributed by atoms with E-state index in [9.17, 15) is 9.90 Å². The van der Waals surface area contributed by atoms with Crippen LogP contribution in [-0.4, -0.2) is 58.5 Å². The molecule has 8 nitrogen and oxygen atoms in total. The summed E-state index contributed by atoms with van der Waals surface area (Å²) in [5, 5.41) is 17.3. The summed E-state index contributed by atoms with van der Waals surface area (Å²) in [6.07, 6.45) is 8.04. The molecule has 3 unspecified atom stereocenters. The molecule has 0 aromatic carbocycles. The highest BCUT2D eigenvalue weighted by Gasteiger charge is 2.55. The lowest BCUT2D eigenvalue weighted by Gasteiger charge is -2.58. The van der Waals surface area contributed by atoms with Crippen molar-refractivity contribution in [3.8, 4) is 5.88 Å². The van der Waals surface area contributed by atoms with E-state index in [2.05, 4.69) is 20.6 Å². The summed E-state index contributed by atoms with van der Waals surface area (Å²) in [6, 6.07) is 0.296. The number of ether oxygens (including phenoxy) is 2. The van der Waals surface area contributed by atoms with E-state index in [1.54, 1.807) is 6.20 Å². The quantitative estimate of drug-likeness (QED) is 0.625. The first-order valence-corrected chi connectivity index (χ1v) is 11.4. The van der Waals surface area contributed by atoms with E-state index in [0.29, 0.717) is 48.4 Å². The molecule has 1 aromatic rings. The molecule has 1 saturated heterocycles. The Balaban J connectivity index is 1.31. The van der Waals surface area contributed by atoms with Crippen molar-refractivity contribution in [1.82, 2.24) is 15.3 Å². The summed E-state index contributed by atoms with van der Waals surface area (Å²) < 4.78 is 11.2. The molecular weight excluding hydrogens is 384 g/mol. The maximum Gasteiger partial charge on any atom is 0.258 e. The van der Waals surface area contributed by atoms with E-state index in [-0.39, 0.29) is 18.0 Å². The van der Waals surface area contributed by atoms with E-state index in [1.807, 2.05) is 6.92 Å². The Morgan fingerprint density at radius 1 is 1.33 bits per heavy atom. The zero-order chi connectivity index (χ0) is 20.7. The van der Waals surface area contributed by atoms with Crippen molar-refractivity contribution in [3.05, 3.63) is 11.8 Å². The van der Waals surface area contributed by atoms with E-state index in [0.717, 1.165) is 51.6 Å². The SMILES string of the molecule is CCCOc1nc(NC2CCOC2)ncc1C(=O)NC1C2CC3CC1CC(O)(C3)C2. The van der Waals surface area contributed by atoms with Crippen molar-refractivity contribution >= 4 is 11.9 Å². The summed E-state index contributed by atoms with van der Waals surface area (Å²) >= 11 is 0. The molecule has 1 aliphatic heterocycles. The van der Waals surface area contributed by atoms with E-state index < -0.39 is 5.60 Å². The van der Waals surface area contributed by atoms with Crippen LogP contribution in [0.3, 0.4) is 0 Å². The van der Waals surface area contributed by atoms with Crippen molar-refractivity contribution in [1.29, 1.82) is 0 Å². The fraction of sp³-hybridized carbons (Fsp3) is 0.773. The average Bonchev–Trinajstić information content (AvgIpc) is 3.21. The number of aromatic nitrogens is 2. The van der Waals surface area contributed by atoms with Crippen LogP contribution in [0.2, 0.25) is 0 Å². The number of rotatable bonds is 7. The number of amides is 1. The zero-order valence-electron chi connectivity index (χ0n) is 17.6. The Hall–Kier alpha value is -1.93. The van der Waals surface area contributed by atoms with Crippen molar-refractivity contribution in [2.75, 3.05) is 25.1 Å². The lowest BCUT2D eigenvalue weighted by molar-refractivity contribution is -0.136. The highest BCUT2D eigenvalue weighted by atomic mass is 16.5. The summed E-state index contributed by atoms with van der Waals surface area (Å²) in [4.78, 5) is 22.0.